The summed E-state index contributed by atoms with van der Waals surface area (Å²) in [6.07, 6.45) is 1.50. The highest BCUT2D eigenvalue weighted by Crippen LogP contribution is 2.22. The minimum absolute atomic E-state index is 0.0886. The monoisotopic (exact) mass is 379 g/mol. The summed E-state index contributed by atoms with van der Waals surface area (Å²) in [7, 11) is 1.55. The van der Waals surface area contributed by atoms with Crippen LogP contribution < -0.4 is 15.6 Å². The van der Waals surface area contributed by atoms with Gasteiger partial charge < -0.3 is 10.1 Å². The lowest BCUT2D eigenvalue weighted by atomic mass is 10.2. The van der Waals surface area contributed by atoms with Gasteiger partial charge in [-0.2, -0.15) is 0 Å². The predicted molar refractivity (Wildman–Crippen MR) is 91.0 cm³/mol. The summed E-state index contributed by atoms with van der Waals surface area (Å²) >= 11 is 3.34. The molecule has 0 aliphatic carbocycles. The number of aryl methyl sites for hydroxylation is 1. The van der Waals surface area contributed by atoms with Crippen molar-refractivity contribution in [3.63, 3.8) is 0 Å². The molecule has 1 N–H and O–H groups in total. The SMILES string of the molecule is COc1ccc(Br)c(C(=O)NCCn2cnc(C)c(C)c2=O)c1. The van der Waals surface area contributed by atoms with Gasteiger partial charge in [-0.1, -0.05) is 0 Å². The van der Waals surface area contributed by atoms with Gasteiger partial charge in [0.2, 0.25) is 0 Å². The molecule has 0 atom stereocenters. The maximum absolute atomic E-state index is 12.2. The molecule has 2 aromatic rings. The molecule has 0 unspecified atom stereocenters. The Morgan fingerprint density at radius 3 is 2.83 bits per heavy atom. The second-order valence-electron chi connectivity index (χ2n) is 5.06. The number of aromatic nitrogens is 2. The minimum atomic E-state index is -0.236. The number of ether oxygens (including phenoxy) is 1. The van der Waals surface area contributed by atoms with Gasteiger partial charge in [0.05, 0.1) is 19.0 Å². The Balaban J connectivity index is 2.03. The van der Waals surface area contributed by atoms with E-state index in [0.717, 1.165) is 5.69 Å². The standard InChI is InChI=1S/C16H18BrN3O3/c1-10-11(2)19-9-20(16(10)22)7-6-18-15(21)13-8-12(23-3)4-5-14(13)17/h4-5,8-9H,6-7H2,1-3H3,(H,18,21). The number of nitrogens with zero attached hydrogens (tertiary/aromatic N) is 2. The number of hydrogen-bond acceptors (Lipinski definition) is 4. The summed E-state index contributed by atoms with van der Waals surface area (Å²) in [5.74, 6) is 0.369. The summed E-state index contributed by atoms with van der Waals surface area (Å²) in [5.41, 5.74) is 1.73. The number of carbonyl (C=O) groups excluding carboxylic acids is 1. The zero-order chi connectivity index (χ0) is 17.0. The van der Waals surface area contributed by atoms with E-state index in [9.17, 15) is 9.59 Å². The summed E-state index contributed by atoms with van der Waals surface area (Å²) in [5, 5.41) is 2.79. The second-order valence-corrected chi connectivity index (χ2v) is 5.91. The van der Waals surface area contributed by atoms with E-state index < -0.39 is 0 Å². The molecule has 0 aliphatic heterocycles. The lowest BCUT2D eigenvalue weighted by Crippen LogP contribution is -2.32. The molecule has 1 heterocycles. The molecule has 0 fully saturated rings. The summed E-state index contributed by atoms with van der Waals surface area (Å²) in [6, 6.07) is 5.18. The van der Waals surface area contributed by atoms with E-state index in [-0.39, 0.29) is 11.5 Å². The highest BCUT2D eigenvalue weighted by molar-refractivity contribution is 9.10. The molecule has 6 nitrogen and oxygen atoms in total. The summed E-state index contributed by atoms with van der Waals surface area (Å²) in [6.45, 7) is 4.23. The highest BCUT2D eigenvalue weighted by Gasteiger charge is 2.11. The maximum atomic E-state index is 12.2. The Labute approximate surface area is 142 Å². The molecule has 1 aromatic carbocycles. The number of nitrogens with one attached hydrogen (secondary N) is 1. The van der Waals surface area contributed by atoms with Crippen molar-refractivity contribution in [3.05, 3.63) is 56.2 Å². The number of rotatable bonds is 5. The Morgan fingerprint density at radius 2 is 2.13 bits per heavy atom. The van der Waals surface area contributed by atoms with E-state index >= 15 is 0 Å². The van der Waals surface area contributed by atoms with Crippen molar-refractivity contribution in [2.24, 2.45) is 0 Å². The third kappa shape index (κ3) is 3.98. The van der Waals surface area contributed by atoms with Crippen LogP contribution in [-0.4, -0.2) is 29.1 Å². The zero-order valence-corrected chi connectivity index (χ0v) is 14.8. The van der Waals surface area contributed by atoms with Gasteiger partial charge >= 0.3 is 0 Å². The number of carbonyl (C=O) groups is 1. The smallest absolute Gasteiger partial charge is 0.256 e. The van der Waals surface area contributed by atoms with Crippen LogP contribution >= 0.6 is 15.9 Å². The number of amides is 1. The molecule has 0 spiro atoms. The van der Waals surface area contributed by atoms with Gasteiger partial charge in [0, 0.05) is 28.8 Å². The fraction of sp³-hybridized carbons (Fsp3) is 0.312. The third-order valence-electron chi connectivity index (χ3n) is 3.57. The van der Waals surface area contributed by atoms with Crippen LogP contribution in [0, 0.1) is 13.8 Å². The largest absolute Gasteiger partial charge is 0.497 e. The van der Waals surface area contributed by atoms with Gasteiger partial charge in [-0.05, 0) is 48.0 Å². The first-order valence-corrected chi connectivity index (χ1v) is 7.87. The van der Waals surface area contributed by atoms with Crippen LogP contribution in [0.1, 0.15) is 21.6 Å². The molecule has 23 heavy (non-hydrogen) atoms. The van der Waals surface area contributed by atoms with Crippen molar-refractivity contribution in [2.45, 2.75) is 20.4 Å². The third-order valence-corrected chi connectivity index (χ3v) is 4.26. The van der Waals surface area contributed by atoms with Crippen molar-refractivity contribution in [2.75, 3.05) is 13.7 Å². The van der Waals surface area contributed by atoms with Crippen molar-refractivity contribution in [1.82, 2.24) is 14.9 Å². The van der Waals surface area contributed by atoms with E-state index in [2.05, 4.69) is 26.2 Å². The van der Waals surface area contributed by atoms with Gasteiger partial charge in [0.25, 0.3) is 11.5 Å². The number of hydrogen-bond donors (Lipinski definition) is 1. The molecule has 2 rings (SSSR count). The van der Waals surface area contributed by atoms with E-state index in [4.69, 9.17) is 4.74 Å². The van der Waals surface area contributed by atoms with Crippen LogP contribution in [-0.2, 0) is 6.54 Å². The molecule has 1 aromatic heterocycles. The first-order chi connectivity index (χ1) is 10.9. The van der Waals surface area contributed by atoms with Crippen LogP contribution in [0.5, 0.6) is 5.75 Å². The Morgan fingerprint density at radius 1 is 1.39 bits per heavy atom. The molecular formula is C16H18BrN3O3. The fourth-order valence-corrected chi connectivity index (χ4v) is 2.45. The predicted octanol–water partition coefficient (Wildman–Crippen LogP) is 2.06. The zero-order valence-electron chi connectivity index (χ0n) is 13.2. The normalized spacial score (nSPS) is 10.4. The van der Waals surface area contributed by atoms with Gasteiger partial charge in [0.15, 0.2) is 0 Å². The van der Waals surface area contributed by atoms with E-state index in [1.54, 1.807) is 39.2 Å². The molecule has 122 valence electrons. The van der Waals surface area contributed by atoms with Crippen molar-refractivity contribution < 1.29 is 9.53 Å². The first kappa shape index (κ1) is 17.2. The van der Waals surface area contributed by atoms with Crippen molar-refractivity contribution >= 4 is 21.8 Å². The summed E-state index contributed by atoms with van der Waals surface area (Å²) in [4.78, 5) is 28.4. The second kappa shape index (κ2) is 7.41. The number of benzene rings is 1. The average molecular weight is 380 g/mol. The van der Waals surface area contributed by atoms with E-state index in [0.29, 0.717) is 34.4 Å². The van der Waals surface area contributed by atoms with Gasteiger partial charge in [-0.3, -0.25) is 14.2 Å². The summed E-state index contributed by atoms with van der Waals surface area (Å²) < 4.78 is 7.29. The molecule has 0 saturated carbocycles. The van der Waals surface area contributed by atoms with Gasteiger partial charge in [-0.15, -0.1) is 0 Å². The molecule has 0 bridgehead atoms. The van der Waals surface area contributed by atoms with Gasteiger partial charge in [-0.25, -0.2) is 4.98 Å². The lowest BCUT2D eigenvalue weighted by molar-refractivity contribution is 0.0951. The van der Waals surface area contributed by atoms with E-state index in [1.165, 1.54) is 10.9 Å². The van der Waals surface area contributed by atoms with Crippen LogP contribution in [0.3, 0.4) is 0 Å². The maximum Gasteiger partial charge on any atom is 0.256 e. The molecular weight excluding hydrogens is 362 g/mol. The molecule has 0 aliphatic rings. The van der Waals surface area contributed by atoms with Crippen LogP contribution in [0.15, 0.2) is 33.8 Å². The number of methoxy groups -OCH3 is 1. The minimum Gasteiger partial charge on any atom is -0.497 e. The first-order valence-electron chi connectivity index (χ1n) is 7.08. The fourth-order valence-electron chi connectivity index (χ4n) is 2.03. The highest BCUT2D eigenvalue weighted by atomic mass is 79.9. The average Bonchev–Trinajstić information content (AvgIpc) is 2.55. The molecule has 7 heteroatoms. The molecule has 0 radical (unpaired) electrons. The van der Waals surface area contributed by atoms with Gasteiger partial charge in [0.1, 0.15) is 5.75 Å². The van der Waals surface area contributed by atoms with E-state index in [1.807, 2.05) is 0 Å². The van der Waals surface area contributed by atoms with Crippen molar-refractivity contribution in [1.29, 1.82) is 0 Å². The number of halogens is 1. The molecule has 1 amide bonds. The quantitative estimate of drug-likeness (QED) is 0.862. The van der Waals surface area contributed by atoms with Crippen LogP contribution in [0.2, 0.25) is 0 Å². The topological polar surface area (TPSA) is 73.2 Å². The van der Waals surface area contributed by atoms with Crippen molar-refractivity contribution in [3.8, 4) is 5.75 Å². The molecule has 0 saturated heterocycles. The lowest BCUT2D eigenvalue weighted by Gasteiger charge is -2.10. The Hall–Kier alpha value is -2.15. The Bertz CT molecular complexity index is 787. The Kier molecular flexibility index (Phi) is 5.54. The van der Waals surface area contributed by atoms with Crippen LogP contribution in [0.4, 0.5) is 0 Å². The van der Waals surface area contributed by atoms with Crippen LogP contribution in [0.25, 0.3) is 0 Å².